The Bertz CT molecular complexity index is 2740. The SMILES string of the molecule is c1ccc(-c2cc(-c3ccccc3)cc(-n3c4ccccc4c4cc(-c5cccc(-n6c7ccccc7c7ccccc76)c5)ccc43)c2)cc1. The number of aromatic nitrogens is 2. The summed E-state index contributed by atoms with van der Waals surface area (Å²) in [5.41, 5.74) is 14.3. The van der Waals surface area contributed by atoms with Gasteiger partial charge in [0, 0.05) is 32.9 Å². The molecule has 50 heavy (non-hydrogen) atoms. The third-order valence-electron chi connectivity index (χ3n) is 10.1. The molecular weight excluding hydrogens is 605 g/mol. The minimum absolute atomic E-state index is 1.15. The molecule has 0 aliphatic carbocycles. The Morgan fingerprint density at radius 1 is 0.220 bits per heavy atom. The van der Waals surface area contributed by atoms with Gasteiger partial charge in [-0.25, -0.2) is 0 Å². The van der Waals surface area contributed by atoms with Crippen LogP contribution >= 0.6 is 0 Å². The second-order valence-electron chi connectivity index (χ2n) is 13.0. The summed E-state index contributed by atoms with van der Waals surface area (Å²) in [7, 11) is 0. The summed E-state index contributed by atoms with van der Waals surface area (Å²) in [4.78, 5) is 0. The molecule has 0 atom stereocenters. The van der Waals surface area contributed by atoms with Gasteiger partial charge in [-0.1, -0.05) is 133 Å². The highest BCUT2D eigenvalue weighted by Gasteiger charge is 2.16. The first-order chi connectivity index (χ1) is 24.8. The highest BCUT2D eigenvalue weighted by Crippen LogP contribution is 2.39. The van der Waals surface area contributed by atoms with Crippen molar-refractivity contribution in [1.29, 1.82) is 0 Å². The number of hydrogen-bond acceptors (Lipinski definition) is 0. The number of hydrogen-bond donors (Lipinski definition) is 0. The van der Waals surface area contributed by atoms with Crippen LogP contribution in [-0.2, 0) is 0 Å². The topological polar surface area (TPSA) is 9.86 Å². The van der Waals surface area contributed by atoms with E-state index in [2.05, 4.69) is 203 Å². The first-order valence-electron chi connectivity index (χ1n) is 17.2. The molecule has 0 bridgehead atoms. The van der Waals surface area contributed by atoms with E-state index in [0.717, 1.165) is 11.4 Å². The highest BCUT2D eigenvalue weighted by atomic mass is 15.0. The number of nitrogens with zero attached hydrogens (tertiary/aromatic N) is 2. The van der Waals surface area contributed by atoms with Crippen molar-refractivity contribution in [2.75, 3.05) is 0 Å². The van der Waals surface area contributed by atoms with Crippen LogP contribution in [0.1, 0.15) is 0 Å². The summed E-state index contributed by atoms with van der Waals surface area (Å²) in [6, 6.07) is 70.5. The molecule has 0 N–H and O–H groups in total. The minimum Gasteiger partial charge on any atom is -0.309 e. The molecule has 0 aliphatic heterocycles. The first-order valence-corrected chi connectivity index (χ1v) is 17.2. The van der Waals surface area contributed by atoms with E-state index in [0.29, 0.717) is 0 Å². The Morgan fingerprint density at radius 3 is 1.22 bits per heavy atom. The van der Waals surface area contributed by atoms with Gasteiger partial charge in [0.2, 0.25) is 0 Å². The average molecular weight is 637 g/mol. The lowest BCUT2D eigenvalue weighted by molar-refractivity contribution is 1.18. The molecule has 10 aromatic rings. The van der Waals surface area contributed by atoms with Crippen LogP contribution in [0.4, 0.5) is 0 Å². The quantitative estimate of drug-likeness (QED) is 0.178. The zero-order valence-electron chi connectivity index (χ0n) is 27.4. The van der Waals surface area contributed by atoms with Crippen LogP contribution in [-0.4, -0.2) is 9.13 Å². The molecule has 0 unspecified atom stereocenters. The third-order valence-corrected chi connectivity index (χ3v) is 10.1. The van der Waals surface area contributed by atoms with Crippen LogP contribution in [0.5, 0.6) is 0 Å². The van der Waals surface area contributed by atoms with E-state index >= 15 is 0 Å². The Hall–Kier alpha value is -6.64. The Labute approximate surface area is 290 Å². The normalized spacial score (nSPS) is 11.6. The second kappa shape index (κ2) is 11.5. The minimum atomic E-state index is 1.15. The fraction of sp³-hybridized carbons (Fsp3) is 0. The van der Waals surface area contributed by atoms with Gasteiger partial charge in [-0.2, -0.15) is 0 Å². The molecule has 10 rings (SSSR count). The van der Waals surface area contributed by atoms with Crippen LogP contribution in [0.3, 0.4) is 0 Å². The molecule has 0 saturated carbocycles. The van der Waals surface area contributed by atoms with E-state index in [4.69, 9.17) is 0 Å². The van der Waals surface area contributed by atoms with Gasteiger partial charge in [-0.15, -0.1) is 0 Å². The lowest BCUT2D eigenvalue weighted by Crippen LogP contribution is -1.96. The predicted octanol–water partition coefficient (Wildman–Crippen LogP) is 12.9. The van der Waals surface area contributed by atoms with Crippen LogP contribution in [0.2, 0.25) is 0 Å². The molecule has 2 heterocycles. The molecular formula is C48H32N2. The molecule has 0 aliphatic rings. The molecule has 2 heteroatoms. The fourth-order valence-electron chi connectivity index (χ4n) is 7.79. The Kier molecular flexibility index (Phi) is 6.53. The van der Waals surface area contributed by atoms with Crippen molar-refractivity contribution in [2.24, 2.45) is 0 Å². The summed E-state index contributed by atoms with van der Waals surface area (Å²) < 4.78 is 4.82. The smallest absolute Gasteiger partial charge is 0.0541 e. The van der Waals surface area contributed by atoms with Gasteiger partial charge in [-0.05, 0) is 94.0 Å². The first kappa shape index (κ1) is 28.4. The maximum atomic E-state index is 2.43. The maximum Gasteiger partial charge on any atom is 0.0541 e. The summed E-state index contributed by atoms with van der Waals surface area (Å²) in [5.74, 6) is 0. The summed E-state index contributed by atoms with van der Waals surface area (Å²) >= 11 is 0. The fourth-order valence-corrected chi connectivity index (χ4v) is 7.79. The largest absolute Gasteiger partial charge is 0.309 e. The van der Waals surface area contributed by atoms with Crippen molar-refractivity contribution in [3.8, 4) is 44.8 Å². The van der Waals surface area contributed by atoms with Gasteiger partial charge >= 0.3 is 0 Å². The lowest BCUT2D eigenvalue weighted by Gasteiger charge is -2.14. The van der Waals surface area contributed by atoms with E-state index in [1.54, 1.807) is 0 Å². The average Bonchev–Trinajstić information content (AvgIpc) is 3.71. The van der Waals surface area contributed by atoms with Crippen LogP contribution in [0.25, 0.3) is 88.4 Å². The molecule has 8 aromatic carbocycles. The standard InChI is InChI=1S/C48H32N2/c1-3-14-33(15-4-1)37-28-38(34-16-5-2-6-17-34)31-40(30-37)50-47-25-12-9-22-43(47)44-32-36(26-27-48(44)50)35-18-13-19-39(29-35)49-45-23-10-7-20-41(45)42-21-8-11-24-46(42)49/h1-32H. The molecule has 2 nitrogen and oxygen atoms in total. The highest BCUT2D eigenvalue weighted by molar-refractivity contribution is 6.11. The van der Waals surface area contributed by atoms with Crippen LogP contribution in [0.15, 0.2) is 194 Å². The van der Waals surface area contributed by atoms with E-state index in [-0.39, 0.29) is 0 Å². The van der Waals surface area contributed by atoms with Crippen LogP contribution < -0.4 is 0 Å². The second-order valence-corrected chi connectivity index (χ2v) is 13.0. The van der Waals surface area contributed by atoms with Gasteiger partial charge in [0.1, 0.15) is 0 Å². The van der Waals surface area contributed by atoms with E-state index in [1.807, 2.05) is 0 Å². The van der Waals surface area contributed by atoms with Crippen molar-refractivity contribution in [3.05, 3.63) is 194 Å². The monoisotopic (exact) mass is 636 g/mol. The van der Waals surface area contributed by atoms with Crippen molar-refractivity contribution < 1.29 is 0 Å². The summed E-state index contributed by atoms with van der Waals surface area (Å²) in [6.45, 7) is 0. The molecule has 0 radical (unpaired) electrons. The summed E-state index contributed by atoms with van der Waals surface area (Å²) in [6.07, 6.45) is 0. The van der Waals surface area contributed by atoms with Gasteiger partial charge in [0.15, 0.2) is 0 Å². The van der Waals surface area contributed by atoms with E-state index < -0.39 is 0 Å². The molecule has 0 spiro atoms. The Balaban J connectivity index is 1.16. The number of para-hydroxylation sites is 3. The van der Waals surface area contributed by atoms with Gasteiger partial charge in [0.05, 0.1) is 22.1 Å². The molecule has 234 valence electrons. The molecule has 2 aromatic heterocycles. The van der Waals surface area contributed by atoms with E-state index in [1.165, 1.54) is 77.0 Å². The molecule has 0 amide bonds. The maximum absolute atomic E-state index is 2.43. The van der Waals surface area contributed by atoms with E-state index in [9.17, 15) is 0 Å². The lowest BCUT2D eigenvalue weighted by atomic mass is 9.98. The van der Waals surface area contributed by atoms with Gasteiger partial charge in [0.25, 0.3) is 0 Å². The summed E-state index contributed by atoms with van der Waals surface area (Å²) in [5, 5.41) is 5.03. The number of fused-ring (bicyclic) bond motifs is 6. The van der Waals surface area contributed by atoms with Gasteiger partial charge < -0.3 is 9.13 Å². The molecule has 0 saturated heterocycles. The van der Waals surface area contributed by atoms with Crippen molar-refractivity contribution in [3.63, 3.8) is 0 Å². The number of benzene rings is 8. The van der Waals surface area contributed by atoms with Gasteiger partial charge in [-0.3, -0.25) is 0 Å². The zero-order valence-corrected chi connectivity index (χ0v) is 27.4. The number of rotatable bonds is 5. The predicted molar refractivity (Wildman–Crippen MR) is 211 cm³/mol. The zero-order chi connectivity index (χ0) is 33.0. The van der Waals surface area contributed by atoms with Crippen molar-refractivity contribution in [1.82, 2.24) is 9.13 Å². The molecule has 0 fully saturated rings. The third kappa shape index (κ3) is 4.57. The van der Waals surface area contributed by atoms with Crippen molar-refractivity contribution in [2.45, 2.75) is 0 Å². The Morgan fingerprint density at radius 2 is 0.640 bits per heavy atom. The van der Waals surface area contributed by atoms with Crippen LogP contribution in [0, 0.1) is 0 Å². The van der Waals surface area contributed by atoms with Crippen molar-refractivity contribution >= 4 is 43.6 Å².